The molecule has 0 atom stereocenters. The minimum Gasteiger partial charge on any atom is -0.339 e. The maximum absolute atomic E-state index is 12.7. The van der Waals surface area contributed by atoms with Gasteiger partial charge in [-0.05, 0) is 43.4 Å². The van der Waals surface area contributed by atoms with Crippen LogP contribution >= 0.6 is 0 Å². The van der Waals surface area contributed by atoms with Crippen LogP contribution in [0.5, 0.6) is 0 Å². The van der Waals surface area contributed by atoms with Gasteiger partial charge < -0.3 is 14.4 Å². The fourth-order valence-corrected chi connectivity index (χ4v) is 4.13. The molecule has 6 nitrogen and oxygen atoms in total. The van der Waals surface area contributed by atoms with Gasteiger partial charge in [-0.15, -0.1) is 0 Å². The molecule has 2 aromatic rings. The second kappa shape index (κ2) is 6.36. The van der Waals surface area contributed by atoms with Crippen LogP contribution in [-0.2, 0) is 23.1 Å². The molecular weight excluding hydrogens is 340 g/mol. The summed E-state index contributed by atoms with van der Waals surface area (Å²) in [6.07, 6.45) is 4.95. The summed E-state index contributed by atoms with van der Waals surface area (Å²) in [6.45, 7) is 2.64. The number of carbonyl (C=O) groups excluding carboxylic acids is 2. The van der Waals surface area contributed by atoms with Crippen molar-refractivity contribution in [2.24, 2.45) is 13.0 Å². The van der Waals surface area contributed by atoms with Crippen molar-refractivity contribution in [3.63, 3.8) is 0 Å². The van der Waals surface area contributed by atoms with Gasteiger partial charge in [0.05, 0.1) is 17.5 Å². The van der Waals surface area contributed by atoms with E-state index in [0.29, 0.717) is 38.5 Å². The van der Waals surface area contributed by atoms with Crippen molar-refractivity contribution in [1.82, 2.24) is 19.4 Å². The lowest BCUT2D eigenvalue weighted by Gasteiger charge is -2.35. The highest BCUT2D eigenvalue weighted by Gasteiger charge is 2.35. The van der Waals surface area contributed by atoms with E-state index in [1.165, 1.54) is 18.7 Å². The number of hydrogen-bond acceptors (Lipinski definition) is 3. The predicted molar refractivity (Wildman–Crippen MR) is 102 cm³/mol. The second-order valence-corrected chi connectivity index (χ2v) is 8.28. The topological polar surface area (TPSA) is 58.4 Å². The Kier molecular flexibility index (Phi) is 3.95. The molecule has 5 rings (SSSR count). The van der Waals surface area contributed by atoms with Crippen molar-refractivity contribution < 1.29 is 9.59 Å². The number of benzene rings is 1. The molecule has 1 saturated heterocycles. The third-order valence-electron chi connectivity index (χ3n) is 6.15. The van der Waals surface area contributed by atoms with Crippen molar-refractivity contribution in [1.29, 1.82) is 0 Å². The molecule has 2 amide bonds. The minimum atomic E-state index is 0.145. The Hall–Kier alpha value is -2.37. The average molecular weight is 366 g/mol. The van der Waals surface area contributed by atoms with Crippen LogP contribution in [0.25, 0.3) is 11.0 Å². The first-order valence-corrected chi connectivity index (χ1v) is 10.1. The van der Waals surface area contributed by atoms with Crippen LogP contribution < -0.4 is 0 Å². The molecule has 1 aromatic heterocycles. The zero-order valence-corrected chi connectivity index (χ0v) is 15.9. The summed E-state index contributed by atoms with van der Waals surface area (Å²) in [5, 5.41) is 0. The molecule has 6 heteroatoms. The molecule has 3 fully saturated rings. The highest BCUT2D eigenvalue weighted by Crippen LogP contribution is 2.40. The fourth-order valence-electron chi connectivity index (χ4n) is 4.13. The van der Waals surface area contributed by atoms with E-state index >= 15 is 0 Å². The van der Waals surface area contributed by atoms with E-state index in [2.05, 4.69) is 23.7 Å². The first kappa shape index (κ1) is 16.8. The van der Waals surface area contributed by atoms with E-state index < -0.39 is 0 Å². The molecule has 0 unspecified atom stereocenters. The van der Waals surface area contributed by atoms with Gasteiger partial charge in [-0.1, -0.05) is 6.07 Å². The molecule has 2 saturated carbocycles. The van der Waals surface area contributed by atoms with Gasteiger partial charge in [-0.3, -0.25) is 9.59 Å². The molecule has 1 aliphatic heterocycles. The lowest BCUT2D eigenvalue weighted by molar-refractivity contribution is -0.140. The zero-order valence-electron chi connectivity index (χ0n) is 15.9. The number of rotatable bonds is 4. The molecule has 27 heavy (non-hydrogen) atoms. The van der Waals surface area contributed by atoms with Crippen molar-refractivity contribution >= 4 is 22.8 Å². The van der Waals surface area contributed by atoms with Gasteiger partial charge in [0.2, 0.25) is 11.8 Å². The highest BCUT2D eigenvalue weighted by atomic mass is 16.2. The van der Waals surface area contributed by atoms with Crippen LogP contribution in [0.2, 0.25) is 0 Å². The Morgan fingerprint density at radius 2 is 1.74 bits per heavy atom. The van der Waals surface area contributed by atoms with Gasteiger partial charge in [0, 0.05) is 45.1 Å². The summed E-state index contributed by atoms with van der Waals surface area (Å²) < 4.78 is 2.19. The monoisotopic (exact) mass is 366 g/mol. The average Bonchev–Trinajstić information content (AvgIpc) is 3.59. The van der Waals surface area contributed by atoms with E-state index in [1.807, 2.05) is 15.9 Å². The van der Waals surface area contributed by atoms with E-state index in [4.69, 9.17) is 4.98 Å². The third kappa shape index (κ3) is 3.22. The van der Waals surface area contributed by atoms with Gasteiger partial charge in [0.15, 0.2) is 0 Å². The molecule has 2 heterocycles. The quantitative estimate of drug-likeness (QED) is 0.832. The van der Waals surface area contributed by atoms with E-state index in [0.717, 1.165) is 29.4 Å². The van der Waals surface area contributed by atoms with Crippen LogP contribution in [-0.4, -0.2) is 57.3 Å². The summed E-state index contributed by atoms with van der Waals surface area (Å²) in [4.78, 5) is 33.5. The molecule has 0 N–H and O–H groups in total. The number of amides is 2. The molecule has 142 valence electrons. The Balaban J connectivity index is 1.23. The van der Waals surface area contributed by atoms with E-state index in [9.17, 15) is 9.59 Å². The largest absolute Gasteiger partial charge is 0.339 e. The Labute approximate surface area is 159 Å². The second-order valence-electron chi connectivity index (χ2n) is 8.28. The number of imidazole rings is 1. The summed E-state index contributed by atoms with van der Waals surface area (Å²) in [6, 6.07) is 6.19. The van der Waals surface area contributed by atoms with E-state index in [-0.39, 0.29) is 17.7 Å². The lowest BCUT2D eigenvalue weighted by atomic mass is 10.1. The summed E-state index contributed by atoms with van der Waals surface area (Å²) in [7, 11) is 2.08. The minimum absolute atomic E-state index is 0.145. The molecule has 3 aliphatic rings. The van der Waals surface area contributed by atoms with Crippen molar-refractivity contribution in [3.05, 3.63) is 29.6 Å². The zero-order chi connectivity index (χ0) is 18.5. The highest BCUT2D eigenvalue weighted by molar-refractivity contribution is 5.83. The number of carbonyl (C=O) groups is 2. The summed E-state index contributed by atoms with van der Waals surface area (Å²) in [5.74, 6) is 2.48. The summed E-state index contributed by atoms with van der Waals surface area (Å²) in [5.41, 5.74) is 3.15. The maximum atomic E-state index is 12.7. The van der Waals surface area contributed by atoms with Crippen LogP contribution in [0, 0.1) is 5.92 Å². The number of aromatic nitrogens is 2. The van der Waals surface area contributed by atoms with Crippen molar-refractivity contribution in [3.8, 4) is 0 Å². The van der Waals surface area contributed by atoms with Gasteiger partial charge >= 0.3 is 0 Å². The molecule has 0 spiro atoms. The van der Waals surface area contributed by atoms with Crippen LogP contribution in [0.4, 0.5) is 0 Å². The Morgan fingerprint density at radius 1 is 1.04 bits per heavy atom. The van der Waals surface area contributed by atoms with Crippen molar-refractivity contribution in [2.75, 3.05) is 26.2 Å². The van der Waals surface area contributed by atoms with Gasteiger partial charge in [0.1, 0.15) is 5.82 Å². The van der Waals surface area contributed by atoms with Crippen molar-refractivity contribution in [2.45, 2.75) is 38.0 Å². The standard InChI is InChI=1S/C21H26N4O2/c1-23-18-7-2-14(12-17(18)22-20(23)15-3-4-15)13-19(26)24-8-10-25(11-9-24)21(27)16-5-6-16/h2,7,12,15-16H,3-6,8-11,13H2,1H3. The Bertz CT molecular complexity index is 902. The normalized spacial score (nSPS) is 20.3. The van der Waals surface area contributed by atoms with Crippen LogP contribution in [0.3, 0.4) is 0 Å². The molecule has 0 radical (unpaired) electrons. The number of fused-ring (bicyclic) bond motifs is 1. The Morgan fingerprint density at radius 3 is 2.41 bits per heavy atom. The maximum Gasteiger partial charge on any atom is 0.227 e. The summed E-state index contributed by atoms with van der Waals surface area (Å²) >= 11 is 0. The number of hydrogen-bond donors (Lipinski definition) is 0. The van der Waals surface area contributed by atoms with Gasteiger partial charge in [-0.2, -0.15) is 0 Å². The number of piperazine rings is 1. The molecule has 0 bridgehead atoms. The first-order chi connectivity index (χ1) is 13.1. The smallest absolute Gasteiger partial charge is 0.227 e. The van der Waals surface area contributed by atoms with Crippen LogP contribution in [0.1, 0.15) is 43.0 Å². The lowest BCUT2D eigenvalue weighted by Crippen LogP contribution is -2.51. The van der Waals surface area contributed by atoms with E-state index in [1.54, 1.807) is 0 Å². The molecule has 2 aliphatic carbocycles. The van der Waals surface area contributed by atoms with Gasteiger partial charge in [0.25, 0.3) is 0 Å². The predicted octanol–water partition coefficient (Wildman–Crippen LogP) is 2.07. The van der Waals surface area contributed by atoms with Crippen LogP contribution in [0.15, 0.2) is 18.2 Å². The third-order valence-corrected chi connectivity index (χ3v) is 6.15. The SMILES string of the molecule is Cn1c(C2CC2)nc2cc(CC(=O)N3CCN(C(=O)C4CC4)CC3)ccc21. The number of nitrogens with zero attached hydrogens (tertiary/aromatic N) is 4. The fraction of sp³-hybridized carbons (Fsp3) is 0.571. The molecule has 1 aromatic carbocycles. The molecular formula is C21H26N4O2. The number of aryl methyl sites for hydroxylation is 1. The first-order valence-electron chi connectivity index (χ1n) is 10.1. The van der Waals surface area contributed by atoms with Gasteiger partial charge in [-0.25, -0.2) is 4.98 Å².